The molecule has 0 unspecified atom stereocenters. The third kappa shape index (κ3) is 6.14. The molecule has 6 bridgehead atoms. The van der Waals surface area contributed by atoms with Crippen LogP contribution in [-0.4, -0.2) is 86.1 Å². The second kappa shape index (κ2) is 13.4. The van der Waals surface area contributed by atoms with E-state index < -0.39 is 88.5 Å². The lowest BCUT2D eigenvalue weighted by Crippen LogP contribution is -2.47. The molecule has 0 radical (unpaired) electrons. The maximum Gasteiger partial charge on any atom is 0.312 e. The number of hydrogen-bond donors (Lipinski definition) is 6. The van der Waals surface area contributed by atoms with Crippen LogP contribution >= 0.6 is 0 Å². The van der Waals surface area contributed by atoms with Gasteiger partial charge in [-0.15, -0.1) is 0 Å². The maximum atomic E-state index is 14.1. The number of methoxy groups -OCH3 is 1. The number of ether oxygens (including phenoxy) is 5. The van der Waals surface area contributed by atoms with E-state index in [-0.39, 0.29) is 39.1 Å². The van der Waals surface area contributed by atoms with Crippen LogP contribution in [0.15, 0.2) is 36.1 Å². The van der Waals surface area contributed by atoms with E-state index in [0.29, 0.717) is 5.57 Å². The lowest BCUT2D eigenvalue weighted by atomic mass is 9.79. The first-order chi connectivity index (χ1) is 23.8. The monoisotopic (exact) mass is 711 g/mol. The maximum absolute atomic E-state index is 14.1. The second-order valence-corrected chi connectivity index (χ2v) is 13.9. The molecule has 1 amide bonds. The van der Waals surface area contributed by atoms with Crippen molar-refractivity contribution in [1.29, 1.82) is 0 Å². The number of benzene rings is 2. The molecule has 14 nitrogen and oxygen atoms in total. The minimum absolute atomic E-state index is 0.0902. The number of phenols is 3. The standard InChI is InChI=1S/C37H45NO13/c1-15-11-10-13-36(7)35(46)38-25-30(44)29(43)22-23(33(25)50-36)28(42)19(5)32-24(22)34(45)37(8,51-32)48-14-12-21(47-9)16(2)31(49-20(6)39)18(4)27(41)17(3)26(15)40/h10-14,16-18,21,26-27,31,40-44H,1-9H3,(H,38,46)/b13-10+,14-12+,15-11+/t16-,17-,18-,21+,26-,27-,31-,36+,37+/m1/s1. The number of phenolic OH excluding ortho intramolecular Hbond substituents is 3. The summed E-state index contributed by atoms with van der Waals surface area (Å²) in [5, 5.41) is 58.6. The summed E-state index contributed by atoms with van der Waals surface area (Å²) in [5.41, 5.74) is -1.76. The Balaban J connectivity index is 1.73. The van der Waals surface area contributed by atoms with E-state index in [1.807, 2.05) is 0 Å². The van der Waals surface area contributed by atoms with E-state index in [1.54, 1.807) is 27.7 Å². The molecule has 3 aliphatic heterocycles. The van der Waals surface area contributed by atoms with Crippen LogP contribution in [0.4, 0.5) is 5.69 Å². The highest BCUT2D eigenvalue weighted by atomic mass is 16.7. The average Bonchev–Trinajstić information content (AvgIpc) is 3.34. The SMILES string of the molecule is CO[C@H]1/C=C/O[C@@]2(C)Oc3c(C)c(O)c4c5c(c(O)c(O)c4c3C2=O)NC(=O)[C@](C)(/C=C/C=C(\C)[C@@H](O)[C@@H](C)[C@@H](O)[C@@H](C)[C@H](OC(C)=O)[C@@H]1C)O5. The minimum Gasteiger partial charge on any atom is -0.507 e. The van der Waals surface area contributed by atoms with E-state index in [9.17, 15) is 39.9 Å². The van der Waals surface area contributed by atoms with Gasteiger partial charge in [-0.05, 0) is 38.5 Å². The van der Waals surface area contributed by atoms with E-state index in [1.165, 1.54) is 65.4 Å². The lowest BCUT2D eigenvalue weighted by molar-refractivity contribution is -0.160. The van der Waals surface area contributed by atoms with Gasteiger partial charge in [0.05, 0.1) is 35.5 Å². The molecular weight excluding hydrogens is 666 g/mol. The van der Waals surface area contributed by atoms with Gasteiger partial charge in [-0.1, -0.05) is 32.9 Å². The van der Waals surface area contributed by atoms with Crippen molar-refractivity contribution < 1.29 is 63.6 Å². The van der Waals surface area contributed by atoms with Gasteiger partial charge in [0.2, 0.25) is 5.60 Å². The molecular formula is C37H45NO13. The van der Waals surface area contributed by atoms with E-state index in [2.05, 4.69) is 5.32 Å². The molecule has 2 aromatic rings. The Morgan fingerprint density at radius 2 is 1.59 bits per heavy atom. The summed E-state index contributed by atoms with van der Waals surface area (Å²) in [7, 11) is 1.42. The smallest absolute Gasteiger partial charge is 0.312 e. The Hall–Kier alpha value is -4.79. The van der Waals surface area contributed by atoms with Crippen molar-refractivity contribution in [1.82, 2.24) is 0 Å². The molecule has 0 saturated heterocycles. The zero-order valence-corrected chi connectivity index (χ0v) is 29.9. The normalized spacial score (nSPS) is 34.7. The molecule has 0 saturated carbocycles. The first-order valence-electron chi connectivity index (χ1n) is 16.6. The summed E-state index contributed by atoms with van der Waals surface area (Å²) >= 11 is 0. The minimum atomic E-state index is -2.03. The van der Waals surface area contributed by atoms with Crippen LogP contribution in [0.1, 0.15) is 64.4 Å². The number of ketones is 1. The molecule has 0 aliphatic carbocycles. The number of hydrogen-bond acceptors (Lipinski definition) is 13. The summed E-state index contributed by atoms with van der Waals surface area (Å²) < 4.78 is 29.4. The van der Waals surface area contributed by atoms with Gasteiger partial charge in [-0.2, -0.15) is 0 Å². The van der Waals surface area contributed by atoms with Crippen molar-refractivity contribution in [3.8, 4) is 28.7 Å². The largest absolute Gasteiger partial charge is 0.507 e. The highest BCUT2D eigenvalue weighted by molar-refractivity contribution is 6.23. The number of nitrogens with one attached hydrogen (secondary N) is 1. The summed E-state index contributed by atoms with van der Waals surface area (Å²) in [6.45, 7) is 12.2. The number of carbonyl (C=O) groups excluding carboxylic acids is 3. The van der Waals surface area contributed by atoms with Crippen molar-refractivity contribution in [2.75, 3.05) is 12.4 Å². The van der Waals surface area contributed by atoms with Gasteiger partial charge in [0.25, 0.3) is 11.7 Å². The summed E-state index contributed by atoms with van der Waals surface area (Å²) in [6, 6.07) is 0. The van der Waals surface area contributed by atoms with Crippen molar-refractivity contribution in [3.05, 3.63) is 47.3 Å². The molecule has 9 atom stereocenters. The van der Waals surface area contributed by atoms with Crippen LogP contribution < -0.4 is 14.8 Å². The predicted octanol–water partition coefficient (Wildman–Crippen LogP) is 4.27. The summed E-state index contributed by atoms with van der Waals surface area (Å²) in [6.07, 6.45) is 3.06. The van der Waals surface area contributed by atoms with Crippen LogP contribution in [0, 0.1) is 24.7 Å². The molecule has 0 aromatic heterocycles. The Morgan fingerprint density at radius 1 is 0.922 bits per heavy atom. The topological polar surface area (TPSA) is 211 Å². The number of aromatic hydroxyl groups is 3. The number of aliphatic hydroxyl groups is 2. The van der Waals surface area contributed by atoms with Gasteiger partial charge in [-0.25, -0.2) is 0 Å². The van der Waals surface area contributed by atoms with Gasteiger partial charge < -0.3 is 54.5 Å². The number of anilines is 1. The molecule has 2 aromatic carbocycles. The van der Waals surface area contributed by atoms with Gasteiger partial charge in [0.1, 0.15) is 23.3 Å². The number of allylic oxidation sites excluding steroid dienone is 2. The van der Waals surface area contributed by atoms with Crippen LogP contribution in [0.5, 0.6) is 28.7 Å². The summed E-state index contributed by atoms with van der Waals surface area (Å²) in [4.78, 5) is 39.7. The van der Waals surface area contributed by atoms with Crippen LogP contribution in [0.25, 0.3) is 10.8 Å². The number of aliphatic hydroxyl groups excluding tert-OH is 2. The Kier molecular flexibility index (Phi) is 9.84. The van der Waals surface area contributed by atoms with Crippen molar-refractivity contribution in [2.45, 2.75) is 91.2 Å². The van der Waals surface area contributed by atoms with Crippen molar-refractivity contribution in [3.63, 3.8) is 0 Å². The fraction of sp³-hybridized carbons (Fsp3) is 0.486. The third-order valence-corrected chi connectivity index (χ3v) is 10.3. The molecule has 3 heterocycles. The van der Waals surface area contributed by atoms with Crippen molar-refractivity contribution >= 4 is 34.1 Å². The van der Waals surface area contributed by atoms with E-state index >= 15 is 0 Å². The van der Waals surface area contributed by atoms with E-state index in [0.717, 1.165) is 0 Å². The molecule has 0 spiro atoms. The molecule has 6 N–H and O–H groups in total. The Bertz CT molecular complexity index is 1880. The van der Waals surface area contributed by atoms with Gasteiger partial charge in [-0.3, -0.25) is 14.4 Å². The first-order valence-corrected chi connectivity index (χ1v) is 16.6. The highest BCUT2D eigenvalue weighted by Gasteiger charge is 2.51. The van der Waals surface area contributed by atoms with Crippen LogP contribution in [0.3, 0.4) is 0 Å². The quantitative estimate of drug-likeness (QED) is 0.190. The Labute approximate surface area is 294 Å². The molecule has 14 heteroatoms. The number of rotatable bonds is 2. The van der Waals surface area contributed by atoms with Crippen LogP contribution in [0.2, 0.25) is 0 Å². The van der Waals surface area contributed by atoms with Gasteiger partial charge in [0.15, 0.2) is 17.2 Å². The molecule has 51 heavy (non-hydrogen) atoms. The molecule has 276 valence electrons. The number of Topliss-reactive ketones (excluding diaryl/α,β-unsaturated/α-hetero) is 1. The lowest BCUT2D eigenvalue weighted by Gasteiger charge is -2.37. The van der Waals surface area contributed by atoms with E-state index in [4.69, 9.17) is 23.7 Å². The number of esters is 1. The number of carbonyl (C=O) groups is 3. The highest BCUT2D eigenvalue weighted by Crippen LogP contribution is 2.59. The zero-order chi connectivity index (χ0) is 37.9. The Morgan fingerprint density at radius 3 is 2.22 bits per heavy atom. The fourth-order valence-corrected chi connectivity index (χ4v) is 7.02. The fourth-order valence-electron chi connectivity index (χ4n) is 7.02. The van der Waals surface area contributed by atoms with Gasteiger partial charge in [0, 0.05) is 49.7 Å². The van der Waals surface area contributed by atoms with Crippen LogP contribution in [-0.2, 0) is 23.8 Å². The molecule has 5 rings (SSSR count). The first kappa shape index (κ1) is 37.5. The zero-order valence-electron chi connectivity index (χ0n) is 29.9. The predicted molar refractivity (Wildman–Crippen MR) is 184 cm³/mol. The third-order valence-electron chi connectivity index (χ3n) is 10.3. The van der Waals surface area contributed by atoms with Gasteiger partial charge >= 0.3 is 11.8 Å². The average molecular weight is 712 g/mol. The van der Waals surface area contributed by atoms with Crippen molar-refractivity contribution in [2.24, 2.45) is 17.8 Å². The number of fused-ring (bicyclic) bond motifs is 2. The summed E-state index contributed by atoms with van der Waals surface area (Å²) in [5.74, 6) is -8.54. The molecule has 3 aliphatic rings. The number of amides is 1. The second-order valence-electron chi connectivity index (χ2n) is 13.9. The molecule has 0 fully saturated rings.